The van der Waals surface area contributed by atoms with E-state index >= 15 is 0 Å². The minimum Gasteiger partial charge on any atom is -0.386 e. The van der Waals surface area contributed by atoms with Gasteiger partial charge in [-0.3, -0.25) is 0 Å². The van der Waals surface area contributed by atoms with E-state index in [0.717, 1.165) is 12.2 Å². The first-order valence-corrected chi connectivity index (χ1v) is 6.12. The second-order valence-corrected chi connectivity index (χ2v) is 5.20. The van der Waals surface area contributed by atoms with Gasteiger partial charge in [0.25, 0.3) is 0 Å². The Hall–Kier alpha value is -0.910. The van der Waals surface area contributed by atoms with E-state index in [9.17, 15) is 5.11 Å². The summed E-state index contributed by atoms with van der Waals surface area (Å²) in [5, 5.41) is 10.5. The summed E-state index contributed by atoms with van der Waals surface area (Å²) in [5.41, 5.74) is 0. The zero-order valence-electron chi connectivity index (χ0n) is 8.80. The molecule has 0 bridgehead atoms. The highest BCUT2D eigenvalue weighted by Crippen LogP contribution is 2.26. The van der Waals surface area contributed by atoms with Gasteiger partial charge in [-0.15, -0.1) is 11.3 Å². The van der Waals surface area contributed by atoms with Crippen LogP contribution in [0.2, 0.25) is 4.34 Å². The Bertz CT molecular complexity index is 468. The molecule has 0 fully saturated rings. The fourth-order valence-corrected chi connectivity index (χ4v) is 2.40. The molecular formula is C10H12ClN3OS. The minimum absolute atomic E-state index is 0.561. The van der Waals surface area contributed by atoms with Crippen LogP contribution in [0.15, 0.2) is 18.6 Å². The molecule has 0 saturated heterocycles. The first-order valence-electron chi connectivity index (χ1n) is 4.92. The molecule has 6 heteroatoms. The van der Waals surface area contributed by atoms with Crippen LogP contribution in [0.5, 0.6) is 0 Å². The van der Waals surface area contributed by atoms with Gasteiger partial charge >= 0.3 is 0 Å². The van der Waals surface area contributed by atoms with Crippen molar-refractivity contribution >= 4 is 22.9 Å². The zero-order chi connectivity index (χ0) is 11.5. The van der Waals surface area contributed by atoms with Crippen LogP contribution < -0.4 is 0 Å². The monoisotopic (exact) mass is 257 g/mol. The number of aliphatic hydroxyl groups excluding tert-OH is 1. The van der Waals surface area contributed by atoms with E-state index in [1.54, 1.807) is 12.4 Å². The molecule has 0 spiro atoms. The fraction of sp³-hybridized carbons (Fsp3) is 0.400. The average molecular weight is 258 g/mol. The van der Waals surface area contributed by atoms with Crippen molar-refractivity contribution in [3.63, 3.8) is 0 Å². The third kappa shape index (κ3) is 2.61. The Labute approximate surface area is 103 Å². The van der Waals surface area contributed by atoms with Crippen LogP contribution in [0, 0.1) is 0 Å². The number of rotatable bonds is 4. The van der Waals surface area contributed by atoms with Gasteiger partial charge in [-0.1, -0.05) is 11.6 Å². The number of imidazole rings is 1. The molecule has 0 aromatic carbocycles. The standard InChI is InChI=1S/C10H12ClN3OS/c1-14-5-4-12-9(14)3-2-7(15)10-13-6-8(11)16-10/h4-7,15H,2-3H2,1H3. The summed E-state index contributed by atoms with van der Waals surface area (Å²) < 4.78 is 2.55. The molecule has 0 amide bonds. The number of nitrogens with zero attached hydrogens (tertiary/aromatic N) is 3. The lowest BCUT2D eigenvalue weighted by atomic mass is 10.2. The van der Waals surface area contributed by atoms with E-state index in [1.165, 1.54) is 11.3 Å². The Kier molecular flexibility index (Phi) is 3.58. The molecule has 0 radical (unpaired) electrons. The fourth-order valence-electron chi connectivity index (χ4n) is 1.45. The Balaban J connectivity index is 1.93. The lowest BCUT2D eigenvalue weighted by Crippen LogP contribution is -2.03. The first-order chi connectivity index (χ1) is 7.66. The van der Waals surface area contributed by atoms with Crippen molar-refractivity contribution in [3.8, 4) is 0 Å². The van der Waals surface area contributed by atoms with E-state index in [2.05, 4.69) is 9.97 Å². The summed E-state index contributed by atoms with van der Waals surface area (Å²) in [5.74, 6) is 0.960. The molecule has 86 valence electrons. The number of halogens is 1. The highest BCUT2D eigenvalue weighted by molar-refractivity contribution is 7.15. The van der Waals surface area contributed by atoms with Gasteiger partial charge in [0, 0.05) is 25.9 Å². The van der Waals surface area contributed by atoms with Crippen molar-refractivity contribution < 1.29 is 5.11 Å². The molecule has 2 aromatic rings. The van der Waals surface area contributed by atoms with Crippen molar-refractivity contribution in [1.29, 1.82) is 0 Å². The van der Waals surface area contributed by atoms with E-state index in [0.29, 0.717) is 15.8 Å². The van der Waals surface area contributed by atoms with E-state index in [1.807, 2.05) is 17.8 Å². The molecule has 2 heterocycles. The predicted molar refractivity (Wildman–Crippen MR) is 63.6 cm³/mol. The third-order valence-corrected chi connectivity index (χ3v) is 3.56. The number of hydrogen-bond donors (Lipinski definition) is 1. The van der Waals surface area contributed by atoms with Crippen molar-refractivity contribution in [3.05, 3.63) is 33.8 Å². The van der Waals surface area contributed by atoms with Gasteiger partial charge in [0.05, 0.1) is 6.20 Å². The normalized spacial score (nSPS) is 12.9. The number of thiazole rings is 1. The van der Waals surface area contributed by atoms with Crippen LogP contribution in [-0.2, 0) is 13.5 Å². The summed E-state index contributed by atoms with van der Waals surface area (Å²) in [6, 6.07) is 0. The SMILES string of the molecule is Cn1ccnc1CCC(O)c1ncc(Cl)s1. The third-order valence-electron chi connectivity index (χ3n) is 2.34. The van der Waals surface area contributed by atoms with Gasteiger partial charge in [0.1, 0.15) is 21.3 Å². The van der Waals surface area contributed by atoms with E-state index in [4.69, 9.17) is 11.6 Å². The number of aromatic nitrogens is 3. The van der Waals surface area contributed by atoms with Crippen LogP contribution >= 0.6 is 22.9 Å². The lowest BCUT2D eigenvalue weighted by Gasteiger charge is -2.06. The maximum absolute atomic E-state index is 9.88. The van der Waals surface area contributed by atoms with Crippen molar-refractivity contribution in [2.75, 3.05) is 0 Å². The Morgan fingerprint density at radius 2 is 2.38 bits per heavy atom. The zero-order valence-corrected chi connectivity index (χ0v) is 10.4. The van der Waals surface area contributed by atoms with Crippen LogP contribution in [0.4, 0.5) is 0 Å². The molecule has 0 aliphatic rings. The second kappa shape index (κ2) is 4.95. The number of hydrogen-bond acceptors (Lipinski definition) is 4. The van der Waals surface area contributed by atoms with Crippen LogP contribution in [0.3, 0.4) is 0 Å². The summed E-state index contributed by atoms with van der Waals surface area (Å²) in [7, 11) is 1.94. The second-order valence-electron chi connectivity index (χ2n) is 3.51. The average Bonchev–Trinajstić information content (AvgIpc) is 2.84. The molecule has 1 N–H and O–H groups in total. The quantitative estimate of drug-likeness (QED) is 0.914. The Morgan fingerprint density at radius 1 is 1.56 bits per heavy atom. The van der Waals surface area contributed by atoms with Crippen LogP contribution in [-0.4, -0.2) is 19.6 Å². The molecule has 4 nitrogen and oxygen atoms in total. The first kappa shape index (κ1) is 11.6. The molecule has 0 aliphatic heterocycles. The van der Waals surface area contributed by atoms with Crippen LogP contribution in [0.25, 0.3) is 0 Å². The van der Waals surface area contributed by atoms with Crippen molar-refractivity contribution in [2.24, 2.45) is 7.05 Å². The van der Waals surface area contributed by atoms with Gasteiger partial charge in [-0.05, 0) is 6.42 Å². The lowest BCUT2D eigenvalue weighted by molar-refractivity contribution is 0.166. The molecule has 1 unspecified atom stereocenters. The smallest absolute Gasteiger partial charge is 0.123 e. The van der Waals surface area contributed by atoms with Crippen LogP contribution in [0.1, 0.15) is 23.4 Å². The molecule has 0 saturated carbocycles. The van der Waals surface area contributed by atoms with E-state index in [-0.39, 0.29) is 0 Å². The molecule has 0 aliphatic carbocycles. The predicted octanol–water partition coefficient (Wildman–Crippen LogP) is 2.20. The highest BCUT2D eigenvalue weighted by atomic mass is 35.5. The van der Waals surface area contributed by atoms with Crippen molar-refractivity contribution in [2.45, 2.75) is 18.9 Å². The summed E-state index contributed by atoms with van der Waals surface area (Å²) >= 11 is 7.07. The minimum atomic E-state index is -0.561. The van der Waals surface area contributed by atoms with Gasteiger partial charge in [-0.25, -0.2) is 9.97 Å². The van der Waals surface area contributed by atoms with E-state index < -0.39 is 6.10 Å². The molecule has 1 atom stereocenters. The van der Waals surface area contributed by atoms with Crippen molar-refractivity contribution in [1.82, 2.24) is 14.5 Å². The maximum Gasteiger partial charge on any atom is 0.123 e. The summed E-state index contributed by atoms with van der Waals surface area (Å²) in [4.78, 5) is 8.24. The van der Waals surface area contributed by atoms with Gasteiger partial charge in [0.15, 0.2) is 0 Å². The molecule has 2 rings (SSSR count). The van der Waals surface area contributed by atoms with Gasteiger partial charge < -0.3 is 9.67 Å². The largest absolute Gasteiger partial charge is 0.386 e. The maximum atomic E-state index is 9.88. The Morgan fingerprint density at radius 3 is 2.94 bits per heavy atom. The number of aryl methyl sites for hydroxylation is 2. The molecular weight excluding hydrogens is 246 g/mol. The summed E-state index contributed by atoms with van der Waals surface area (Å²) in [6.45, 7) is 0. The van der Waals surface area contributed by atoms with Gasteiger partial charge in [-0.2, -0.15) is 0 Å². The highest BCUT2D eigenvalue weighted by Gasteiger charge is 2.13. The molecule has 2 aromatic heterocycles. The topological polar surface area (TPSA) is 50.9 Å². The summed E-state index contributed by atoms with van der Waals surface area (Å²) in [6.07, 6.45) is 5.97. The molecule has 16 heavy (non-hydrogen) atoms. The number of aliphatic hydroxyl groups is 1. The van der Waals surface area contributed by atoms with Gasteiger partial charge in [0.2, 0.25) is 0 Å².